The second kappa shape index (κ2) is 13.3. The summed E-state index contributed by atoms with van der Waals surface area (Å²) in [4.78, 5) is 39.0. The Hall–Kier alpha value is -2.26. The van der Waals surface area contributed by atoms with Crippen LogP contribution in [0.3, 0.4) is 0 Å². The van der Waals surface area contributed by atoms with Crippen molar-refractivity contribution in [1.82, 2.24) is 19.4 Å². The third-order valence-corrected chi connectivity index (χ3v) is 6.82. The Balaban J connectivity index is 2.08. The zero-order valence-corrected chi connectivity index (χ0v) is 19.4. The Morgan fingerprint density at radius 2 is 1.25 bits per heavy atom. The number of aliphatic carboxylic acids is 2. The van der Waals surface area contributed by atoms with E-state index >= 15 is 0 Å². The summed E-state index contributed by atoms with van der Waals surface area (Å²) in [7, 11) is 0.451. The highest BCUT2D eigenvalue weighted by atomic mass is 31.1. The van der Waals surface area contributed by atoms with E-state index in [1.54, 1.807) is 4.90 Å². The van der Waals surface area contributed by atoms with Crippen LogP contribution >= 0.6 is 8.73 Å². The Kier molecular flexibility index (Phi) is 10.8. The highest BCUT2D eigenvalue weighted by molar-refractivity contribution is 7.34. The first-order chi connectivity index (χ1) is 15.2. The SMILES string of the molecule is Cc1ccc(CPN2CCN(CC(=O)O)CCN(CC(=O)O)CCN(C(=O)O)CC2)cc1. The molecule has 10 nitrogen and oxygen atoms in total. The Morgan fingerprint density at radius 3 is 1.78 bits per heavy atom. The second-order valence-electron chi connectivity index (χ2n) is 7.92. The van der Waals surface area contributed by atoms with Gasteiger partial charge in [-0.3, -0.25) is 24.1 Å². The maximum absolute atomic E-state index is 11.7. The van der Waals surface area contributed by atoms with Crippen LogP contribution in [0.15, 0.2) is 24.3 Å². The molecule has 3 N–H and O–H groups in total. The molecule has 1 fully saturated rings. The third-order valence-electron chi connectivity index (χ3n) is 5.36. The van der Waals surface area contributed by atoms with E-state index in [2.05, 4.69) is 28.9 Å². The van der Waals surface area contributed by atoms with Crippen LogP contribution in [0.5, 0.6) is 0 Å². The molecule has 0 saturated carbocycles. The van der Waals surface area contributed by atoms with E-state index < -0.39 is 18.0 Å². The standard InChI is InChI=1S/C21H33N4O6P/c1-17-2-4-18(5-3-17)16-32-25-12-9-23(15-20(28)29)7-6-22(14-19(26)27)8-10-24(11-13-25)21(30)31/h2-5,32H,6-16H2,1H3,(H,26,27)(H,28,29)(H,30,31). The molecule has 178 valence electrons. The van der Waals surface area contributed by atoms with Gasteiger partial charge in [0.2, 0.25) is 0 Å². The molecule has 11 heteroatoms. The van der Waals surface area contributed by atoms with Crippen molar-refractivity contribution in [2.45, 2.75) is 13.1 Å². The molecular formula is C21H33N4O6P. The lowest BCUT2D eigenvalue weighted by Crippen LogP contribution is -2.47. The molecule has 1 amide bonds. The van der Waals surface area contributed by atoms with Gasteiger partial charge in [-0.2, -0.15) is 0 Å². The summed E-state index contributed by atoms with van der Waals surface area (Å²) >= 11 is 0. The Bertz CT molecular complexity index is 763. The zero-order valence-electron chi connectivity index (χ0n) is 18.4. The van der Waals surface area contributed by atoms with Gasteiger partial charge in [0.1, 0.15) is 0 Å². The fourth-order valence-electron chi connectivity index (χ4n) is 3.45. The van der Waals surface area contributed by atoms with E-state index in [4.69, 9.17) is 5.11 Å². The van der Waals surface area contributed by atoms with E-state index in [-0.39, 0.29) is 26.2 Å². The topological polar surface area (TPSA) is 125 Å². The van der Waals surface area contributed by atoms with Gasteiger partial charge in [-0.15, -0.1) is 0 Å². The molecular weight excluding hydrogens is 435 g/mol. The predicted molar refractivity (Wildman–Crippen MR) is 123 cm³/mol. The molecule has 0 aromatic heterocycles. The van der Waals surface area contributed by atoms with E-state index in [0.717, 1.165) is 6.16 Å². The molecule has 0 aliphatic carbocycles. The summed E-state index contributed by atoms with van der Waals surface area (Å²) in [6.45, 7) is 4.95. The summed E-state index contributed by atoms with van der Waals surface area (Å²) < 4.78 is 2.20. The highest BCUT2D eigenvalue weighted by Crippen LogP contribution is 2.24. The predicted octanol–water partition coefficient (Wildman–Crippen LogP) is 1.16. The van der Waals surface area contributed by atoms with Gasteiger partial charge in [0.05, 0.1) is 13.1 Å². The van der Waals surface area contributed by atoms with Crippen LogP contribution in [-0.2, 0) is 15.8 Å². The van der Waals surface area contributed by atoms with Crippen LogP contribution in [0.25, 0.3) is 0 Å². The molecule has 1 aromatic rings. The van der Waals surface area contributed by atoms with Crippen molar-refractivity contribution in [3.63, 3.8) is 0 Å². The van der Waals surface area contributed by atoms with Gasteiger partial charge in [0.25, 0.3) is 0 Å². The molecule has 1 heterocycles. The van der Waals surface area contributed by atoms with Gasteiger partial charge in [0.15, 0.2) is 0 Å². The molecule has 2 rings (SSSR count). The summed E-state index contributed by atoms with van der Waals surface area (Å²) in [5, 5.41) is 28.0. The van der Waals surface area contributed by atoms with Crippen LogP contribution in [0.4, 0.5) is 4.79 Å². The van der Waals surface area contributed by atoms with Gasteiger partial charge in [-0.25, -0.2) is 4.79 Å². The van der Waals surface area contributed by atoms with E-state index in [0.29, 0.717) is 48.0 Å². The first-order valence-corrected chi connectivity index (χ1v) is 11.8. The minimum atomic E-state index is -1.02. The Morgan fingerprint density at radius 1 is 0.781 bits per heavy atom. The average Bonchev–Trinajstić information content (AvgIpc) is 2.71. The van der Waals surface area contributed by atoms with Crippen LogP contribution in [0.2, 0.25) is 0 Å². The van der Waals surface area contributed by atoms with Crippen molar-refractivity contribution < 1.29 is 29.7 Å². The van der Waals surface area contributed by atoms with Crippen molar-refractivity contribution in [2.24, 2.45) is 0 Å². The summed E-state index contributed by atoms with van der Waals surface area (Å²) in [6.07, 6.45) is -0.176. The number of amides is 1. The monoisotopic (exact) mass is 468 g/mol. The minimum Gasteiger partial charge on any atom is -0.480 e. The summed E-state index contributed by atoms with van der Waals surface area (Å²) in [5.41, 5.74) is 2.41. The first kappa shape index (κ1) is 26.0. The fourth-order valence-corrected chi connectivity index (χ4v) is 4.61. The molecule has 1 aliphatic heterocycles. The van der Waals surface area contributed by atoms with Gasteiger partial charge in [-0.05, 0) is 21.2 Å². The van der Waals surface area contributed by atoms with Crippen molar-refractivity contribution in [3.8, 4) is 0 Å². The minimum absolute atomic E-state index is 0.114. The number of rotatable bonds is 7. The Labute approximate surface area is 190 Å². The number of benzene rings is 1. The molecule has 1 unspecified atom stereocenters. The van der Waals surface area contributed by atoms with Crippen molar-refractivity contribution in [1.29, 1.82) is 0 Å². The number of carboxylic acid groups (broad SMARTS) is 3. The van der Waals surface area contributed by atoms with E-state index in [9.17, 15) is 24.6 Å². The summed E-state index contributed by atoms with van der Waals surface area (Å²) in [6, 6.07) is 8.33. The largest absolute Gasteiger partial charge is 0.480 e. The molecule has 32 heavy (non-hydrogen) atoms. The molecule has 1 saturated heterocycles. The van der Waals surface area contributed by atoms with Gasteiger partial charge in [-0.1, -0.05) is 29.8 Å². The normalized spacial score (nSPS) is 18.3. The number of hydrogen-bond donors (Lipinski definition) is 3. The van der Waals surface area contributed by atoms with Crippen molar-refractivity contribution >= 4 is 26.8 Å². The molecule has 0 bridgehead atoms. The lowest BCUT2D eigenvalue weighted by Gasteiger charge is -2.32. The molecule has 1 aromatic carbocycles. The van der Waals surface area contributed by atoms with Crippen LogP contribution in [-0.4, -0.2) is 118 Å². The smallest absolute Gasteiger partial charge is 0.407 e. The lowest BCUT2D eigenvalue weighted by molar-refractivity contribution is -0.140. The summed E-state index contributed by atoms with van der Waals surface area (Å²) in [5.74, 6) is -1.92. The quantitative estimate of drug-likeness (QED) is 0.506. The van der Waals surface area contributed by atoms with Crippen LogP contribution in [0.1, 0.15) is 11.1 Å². The van der Waals surface area contributed by atoms with Crippen molar-refractivity contribution in [3.05, 3.63) is 35.4 Å². The van der Waals surface area contributed by atoms with Gasteiger partial charge < -0.3 is 20.2 Å². The first-order valence-electron chi connectivity index (χ1n) is 10.6. The number of aryl methyl sites for hydroxylation is 1. The molecule has 1 aliphatic rings. The molecule has 0 spiro atoms. The van der Waals surface area contributed by atoms with Gasteiger partial charge >= 0.3 is 18.0 Å². The number of carboxylic acids is 2. The fraction of sp³-hybridized carbons (Fsp3) is 0.571. The zero-order chi connectivity index (χ0) is 23.5. The highest BCUT2D eigenvalue weighted by Gasteiger charge is 2.20. The second-order valence-corrected chi connectivity index (χ2v) is 9.22. The maximum atomic E-state index is 11.7. The van der Waals surface area contributed by atoms with Crippen LogP contribution < -0.4 is 0 Å². The van der Waals surface area contributed by atoms with E-state index in [1.807, 2.05) is 11.8 Å². The molecule has 1 atom stereocenters. The number of carbonyl (C=O) groups is 3. The third kappa shape index (κ3) is 9.91. The van der Waals surface area contributed by atoms with Gasteiger partial charge in [0, 0.05) is 58.5 Å². The molecule has 0 radical (unpaired) electrons. The lowest BCUT2D eigenvalue weighted by atomic mass is 10.2. The van der Waals surface area contributed by atoms with Crippen LogP contribution in [0, 0.1) is 6.92 Å². The average molecular weight is 468 g/mol. The number of hydrogen-bond acceptors (Lipinski definition) is 6. The maximum Gasteiger partial charge on any atom is 0.407 e. The number of nitrogens with zero attached hydrogens (tertiary/aromatic N) is 4. The van der Waals surface area contributed by atoms with E-state index in [1.165, 1.54) is 16.0 Å². The van der Waals surface area contributed by atoms with Crippen molar-refractivity contribution in [2.75, 3.05) is 65.4 Å².